The van der Waals surface area contributed by atoms with Crippen molar-refractivity contribution in [2.45, 2.75) is 25.4 Å². The average Bonchev–Trinajstić information content (AvgIpc) is 3.08. The number of amides is 3. The number of benzene rings is 1. The number of fused-ring (bicyclic) bond motifs is 1. The molecular formula is C17H15BrN4O3. The number of hydrogen-bond donors (Lipinski definition) is 1. The first kappa shape index (κ1) is 16.0. The summed E-state index contributed by atoms with van der Waals surface area (Å²) in [7, 11) is 1.84. The summed E-state index contributed by atoms with van der Waals surface area (Å²) in [6.45, 7) is 0.367. The molecule has 0 spiro atoms. The lowest BCUT2D eigenvalue weighted by Crippen LogP contribution is -2.52. The molecule has 1 aromatic heterocycles. The molecule has 2 aliphatic rings. The smallest absolute Gasteiger partial charge is 0.255 e. The molecule has 25 heavy (non-hydrogen) atoms. The van der Waals surface area contributed by atoms with Gasteiger partial charge in [-0.1, -0.05) is 6.07 Å². The van der Waals surface area contributed by atoms with Crippen LogP contribution in [0.25, 0.3) is 11.1 Å². The molecule has 128 valence electrons. The molecule has 4 rings (SSSR count). The van der Waals surface area contributed by atoms with Gasteiger partial charge in [0.2, 0.25) is 11.8 Å². The minimum Gasteiger partial charge on any atom is -0.322 e. The highest BCUT2D eigenvalue weighted by atomic mass is 79.9. The van der Waals surface area contributed by atoms with Crippen molar-refractivity contribution < 1.29 is 14.4 Å². The van der Waals surface area contributed by atoms with E-state index in [2.05, 4.69) is 26.3 Å². The van der Waals surface area contributed by atoms with Gasteiger partial charge >= 0.3 is 0 Å². The van der Waals surface area contributed by atoms with Crippen LogP contribution in [0.3, 0.4) is 0 Å². The average molecular weight is 403 g/mol. The number of aromatic nitrogens is 2. The van der Waals surface area contributed by atoms with Crippen molar-refractivity contribution in [2.24, 2.45) is 7.05 Å². The lowest BCUT2D eigenvalue weighted by atomic mass is 10.0. The second kappa shape index (κ2) is 5.80. The van der Waals surface area contributed by atoms with E-state index in [9.17, 15) is 14.4 Å². The first-order valence-corrected chi connectivity index (χ1v) is 8.70. The number of rotatable bonds is 2. The monoisotopic (exact) mass is 402 g/mol. The fraction of sp³-hybridized carbons (Fsp3) is 0.294. The molecule has 3 heterocycles. The number of carbonyl (C=O) groups is 3. The normalized spacial score (nSPS) is 20.0. The topological polar surface area (TPSA) is 84.3 Å². The van der Waals surface area contributed by atoms with Gasteiger partial charge < -0.3 is 4.90 Å². The molecule has 1 aromatic carbocycles. The van der Waals surface area contributed by atoms with E-state index in [1.807, 2.05) is 19.2 Å². The Morgan fingerprint density at radius 2 is 2.04 bits per heavy atom. The van der Waals surface area contributed by atoms with Crippen LogP contribution < -0.4 is 5.32 Å². The third-order valence-electron chi connectivity index (χ3n) is 4.70. The Morgan fingerprint density at radius 3 is 2.72 bits per heavy atom. The molecule has 2 aromatic rings. The highest BCUT2D eigenvalue weighted by molar-refractivity contribution is 9.10. The Balaban J connectivity index is 1.64. The number of nitrogens with one attached hydrogen (secondary N) is 1. The van der Waals surface area contributed by atoms with E-state index in [1.165, 1.54) is 0 Å². The van der Waals surface area contributed by atoms with Crippen LogP contribution >= 0.6 is 15.9 Å². The van der Waals surface area contributed by atoms with Crippen LogP contribution in [0.1, 0.15) is 28.8 Å². The van der Waals surface area contributed by atoms with Crippen LogP contribution in [0, 0.1) is 0 Å². The van der Waals surface area contributed by atoms with E-state index in [0.29, 0.717) is 18.5 Å². The Bertz CT molecular complexity index is 921. The van der Waals surface area contributed by atoms with Crippen molar-refractivity contribution in [1.82, 2.24) is 20.0 Å². The first-order valence-electron chi connectivity index (χ1n) is 7.91. The molecule has 1 unspecified atom stereocenters. The van der Waals surface area contributed by atoms with Crippen LogP contribution in [0.2, 0.25) is 0 Å². The zero-order chi connectivity index (χ0) is 17.7. The highest BCUT2D eigenvalue weighted by Gasteiger charge is 2.39. The van der Waals surface area contributed by atoms with Gasteiger partial charge in [0.15, 0.2) is 0 Å². The van der Waals surface area contributed by atoms with Crippen molar-refractivity contribution in [3.63, 3.8) is 0 Å². The molecule has 0 aliphatic carbocycles. The number of halogens is 1. The molecule has 8 heteroatoms. The van der Waals surface area contributed by atoms with Gasteiger partial charge in [-0.2, -0.15) is 5.10 Å². The number of piperidine rings is 1. The maximum absolute atomic E-state index is 12.7. The van der Waals surface area contributed by atoms with Gasteiger partial charge in [-0.25, -0.2) is 0 Å². The zero-order valence-electron chi connectivity index (χ0n) is 13.5. The Morgan fingerprint density at radius 1 is 1.24 bits per heavy atom. The van der Waals surface area contributed by atoms with E-state index in [1.54, 1.807) is 21.8 Å². The molecule has 1 fully saturated rings. The molecule has 2 aliphatic heterocycles. The zero-order valence-corrected chi connectivity index (χ0v) is 15.0. The highest BCUT2D eigenvalue weighted by Crippen LogP contribution is 2.33. The summed E-state index contributed by atoms with van der Waals surface area (Å²) >= 11 is 3.51. The van der Waals surface area contributed by atoms with Gasteiger partial charge in [-0.3, -0.25) is 24.4 Å². The third kappa shape index (κ3) is 2.57. The molecule has 0 saturated carbocycles. The minimum atomic E-state index is -0.592. The SMILES string of the molecule is Cn1ncc(-c2ccc3c(c2)CN(C2CCC(=O)NC2=O)C3=O)c1Br. The maximum Gasteiger partial charge on any atom is 0.255 e. The molecule has 7 nitrogen and oxygen atoms in total. The van der Waals surface area contributed by atoms with Crippen molar-refractivity contribution in [3.8, 4) is 11.1 Å². The van der Waals surface area contributed by atoms with Gasteiger partial charge in [0.1, 0.15) is 10.6 Å². The third-order valence-corrected chi connectivity index (χ3v) is 5.64. The van der Waals surface area contributed by atoms with Gasteiger partial charge in [0.05, 0.1) is 6.20 Å². The van der Waals surface area contributed by atoms with Crippen LogP contribution in [0.15, 0.2) is 29.0 Å². The fourth-order valence-electron chi connectivity index (χ4n) is 3.36. The summed E-state index contributed by atoms with van der Waals surface area (Å²) in [5.41, 5.74) is 3.38. The molecule has 3 amide bonds. The van der Waals surface area contributed by atoms with Gasteiger partial charge in [-0.15, -0.1) is 0 Å². The number of nitrogens with zero attached hydrogens (tertiary/aromatic N) is 3. The number of hydrogen-bond acceptors (Lipinski definition) is 4. The van der Waals surface area contributed by atoms with Crippen molar-refractivity contribution >= 4 is 33.7 Å². The van der Waals surface area contributed by atoms with Crippen LogP contribution in [-0.4, -0.2) is 38.4 Å². The summed E-state index contributed by atoms with van der Waals surface area (Å²) in [6, 6.07) is 5.04. The van der Waals surface area contributed by atoms with E-state index in [0.717, 1.165) is 21.3 Å². The van der Waals surface area contributed by atoms with Gasteiger partial charge in [0.25, 0.3) is 5.91 Å². The number of aryl methyl sites for hydroxylation is 1. The first-order chi connectivity index (χ1) is 12.0. The summed E-state index contributed by atoms with van der Waals surface area (Å²) in [5.74, 6) is -0.844. The maximum atomic E-state index is 12.7. The van der Waals surface area contributed by atoms with E-state index >= 15 is 0 Å². The predicted octanol–water partition coefficient (Wildman–Crippen LogP) is 1.61. The lowest BCUT2D eigenvalue weighted by molar-refractivity contribution is -0.136. The van der Waals surface area contributed by atoms with E-state index in [-0.39, 0.29) is 18.2 Å². The summed E-state index contributed by atoms with van der Waals surface area (Å²) in [5, 5.41) is 6.53. The van der Waals surface area contributed by atoms with Crippen molar-refractivity contribution in [1.29, 1.82) is 0 Å². The number of carbonyl (C=O) groups excluding carboxylic acids is 3. The quantitative estimate of drug-likeness (QED) is 0.773. The fourth-order valence-corrected chi connectivity index (χ4v) is 3.78. The van der Waals surface area contributed by atoms with E-state index in [4.69, 9.17) is 0 Å². The molecule has 0 bridgehead atoms. The summed E-state index contributed by atoms with van der Waals surface area (Å²) < 4.78 is 2.59. The summed E-state index contributed by atoms with van der Waals surface area (Å²) in [6.07, 6.45) is 2.39. The second-order valence-electron chi connectivity index (χ2n) is 6.24. The Labute approximate surface area is 152 Å². The Kier molecular flexibility index (Phi) is 3.72. The lowest BCUT2D eigenvalue weighted by Gasteiger charge is -2.29. The minimum absolute atomic E-state index is 0.165. The molecular weight excluding hydrogens is 388 g/mol. The van der Waals surface area contributed by atoms with Crippen LogP contribution in [0.4, 0.5) is 0 Å². The molecule has 1 atom stereocenters. The molecule has 1 N–H and O–H groups in total. The van der Waals surface area contributed by atoms with Gasteiger partial charge in [0, 0.05) is 31.1 Å². The number of imide groups is 1. The predicted molar refractivity (Wildman–Crippen MR) is 92.4 cm³/mol. The summed E-state index contributed by atoms with van der Waals surface area (Å²) in [4.78, 5) is 37.6. The van der Waals surface area contributed by atoms with E-state index < -0.39 is 11.9 Å². The standard InChI is InChI=1S/C17H15BrN4O3/c1-21-15(18)12(7-19-21)9-2-3-11-10(6-9)8-22(17(11)25)13-4-5-14(23)20-16(13)24/h2-3,6-7,13H,4-5,8H2,1H3,(H,20,23,24). The molecule has 1 saturated heterocycles. The van der Waals surface area contributed by atoms with Gasteiger partial charge in [-0.05, 0) is 45.6 Å². The Hall–Kier alpha value is -2.48. The largest absolute Gasteiger partial charge is 0.322 e. The molecule has 0 radical (unpaired) electrons. The van der Waals surface area contributed by atoms with Crippen molar-refractivity contribution in [2.75, 3.05) is 0 Å². The van der Waals surface area contributed by atoms with Crippen LogP contribution in [0.5, 0.6) is 0 Å². The van der Waals surface area contributed by atoms with Crippen molar-refractivity contribution in [3.05, 3.63) is 40.1 Å². The second-order valence-corrected chi connectivity index (χ2v) is 7.00. The van der Waals surface area contributed by atoms with Crippen LogP contribution in [-0.2, 0) is 23.2 Å².